The van der Waals surface area contributed by atoms with E-state index in [-0.39, 0.29) is 35.5 Å². The van der Waals surface area contributed by atoms with Gasteiger partial charge < -0.3 is 19.0 Å². The van der Waals surface area contributed by atoms with E-state index in [0.29, 0.717) is 0 Å². The molecule has 0 aliphatic carbocycles. The van der Waals surface area contributed by atoms with Crippen molar-refractivity contribution in [1.82, 2.24) is 0 Å². The zero-order valence-corrected chi connectivity index (χ0v) is 20.5. The first-order valence-corrected chi connectivity index (χ1v) is 15.1. The van der Waals surface area contributed by atoms with Crippen LogP contribution in [-0.2, 0) is 0 Å². The number of hydrogen-bond acceptors (Lipinski definition) is 0. The van der Waals surface area contributed by atoms with Gasteiger partial charge in [-0.1, -0.05) is 32.2 Å². The quantitative estimate of drug-likeness (QED) is 0.256. The molecule has 0 fully saturated rings. The van der Waals surface area contributed by atoms with E-state index >= 15 is 0 Å². The summed E-state index contributed by atoms with van der Waals surface area (Å²) in [5.41, 5.74) is 2.12. The Morgan fingerprint density at radius 2 is 1.29 bits per heavy atom. The van der Waals surface area contributed by atoms with Crippen LogP contribution in [0.2, 0.25) is 38.3 Å². The van der Waals surface area contributed by atoms with Gasteiger partial charge in [0.25, 0.3) is 0 Å². The van der Waals surface area contributed by atoms with Crippen LogP contribution in [0.15, 0.2) is 18.9 Å². The van der Waals surface area contributed by atoms with E-state index in [4.69, 9.17) is 34.3 Å². The molecule has 0 radical (unpaired) electrons. The van der Waals surface area contributed by atoms with Gasteiger partial charge in [0.05, 0.1) is 8.07 Å². The van der Waals surface area contributed by atoms with Crippen molar-refractivity contribution in [3.63, 3.8) is 0 Å². The molecule has 0 heterocycles. The van der Waals surface area contributed by atoms with Crippen LogP contribution in [-0.4, -0.2) is 50.3 Å². The van der Waals surface area contributed by atoms with Gasteiger partial charge in [0.15, 0.2) is 7.38 Å². The average molecular weight is 421 g/mol. The Hall–Kier alpha value is 1.84. The fraction of sp³-hybridized carbons (Fsp3) is 0.714. The topological polar surface area (TPSA) is 0 Å². The second kappa shape index (κ2) is 21.8. The summed E-state index contributed by atoms with van der Waals surface area (Å²) < 4.78 is 0. The van der Waals surface area contributed by atoms with Gasteiger partial charge in [-0.25, -0.2) is 0 Å². The maximum atomic E-state index is 5.99. The molecular formula is C14H30Cl4MgSi2. The Morgan fingerprint density at radius 1 is 0.952 bits per heavy atom. The van der Waals surface area contributed by atoms with E-state index < -0.39 is 15.5 Å². The first kappa shape index (κ1) is 34.2. The zero-order chi connectivity index (χ0) is 15.9. The van der Waals surface area contributed by atoms with Crippen LogP contribution in [0.5, 0.6) is 0 Å². The standard InChI is InChI=1S/C7H15ClSi.C5H12Cl2Si.C2H3.ClH.Mg/c1-4-9(2,3)7-5-6-8;1-8(2,7)5-3-4-6;1-2;;/h4H,1,5-7H2,2-3H3;3-5H2,1-2H3;1H,2H2;1H;/q;;-1;;+2/p-1. The number of hydrogen-bond donors (Lipinski definition) is 0. The van der Waals surface area contributed by atoms with Gasteiger partial charge in [-0.05, 0) is 18.9 Å². The molecule has 0 amide bonds. The third kappa shape index (κ3) is 39.0. The molecule has 0 N–H and O–H groups in total. The van der Waals surface area contributed by atoms with E-state index in [1.165, 1.54) is 6.04 Å². The molecule has 0 saturated carbocycles. The molecule has 0 aromatic rings. The van der Waals surface area contributed by atoms with Gasteiger partial charge >= 0.3 is 23.1 Å². The average Bonchev–Trinajstić information content (AvgIpc) is 2.36. The Balaban J connectivity index is -0.0000000671. The fourth-order valence-corrected chi connectivity index (χ4v) is 4.54. The summed E-state index contributed by atoms with van der Waals surface area (Å²) in [5.74, 6) is 1.55. The van der Waals surface area contributed by atoms with Crippen LogP contribution >= 0.6 is 34.3 Å². The van der Waals surface area contributed by atoms with Gasteiger partial charge in [0, 0.05) is 11.8 Å². The largest absolute Gasteiger partial charge is 2.00 e. The molecule has 0 aromatic carbocycles. The van der Waals surface area contributed by atoms with Gasteiger partial charge in [-0.2, -0.15) is 11.1 Å². The molecule has 0 nitrogen and oxygen atoms in total. The summed E-state index contributed by atoms with van der Waals surface area (Å²) in [4.78, 5) is 0. The second-order valence-corrected chi connectivity index (χ2v) is 18.1. The number of alkyl halides is 2. The molecule has 21 heavy (non-hydrogen) atoms. The molecule has 0 unspecified atom stereocenters. The van der Waals surface area contributed by atoms with Crippen LogP contribution in [0.1, 0.15) is 12.8 Å². The molecule has 0 saturated heterocycles. The van der Waals surface area contributed by atoms with Crippen molar-refractivity contribution in [3.8, 4) is 0 Å². The van der Waals surface area contributed by atoms with Crippen molar-refractivity contribution < 1.29 is 12.4 Å². The van der Waals surface area contributed by atoms with Crippen molar-refractivity contribution in [2.75, 3.05) is 11.8 Å². The molecule has 124 valence electrons. The molecule has 0 rings (SSSR count). The summed E-state index contributed by atoms with van der Waals surface area (Å²) in [5, 5.41) is 0. The first-order chi connectivity index (χ1) is 8.68. The Kier molecular flexibility index (Phi) is 35.6. The third-order valence-corrected chi connectivity index (χ3v) is 7.80. The molecule has 0 atom stereocenters. The van der Waals surface area contributed by atoms with E-state index in [1.807, 2.05) is 0 Å². The van der Waals surface area contributed by atoms with Crippen LogP contribution in [0.3, 0.4) is 0 Å². The van der Waals surface area contributed by atoms with Gasteiger partial charge in [-0.15, -0.1) is 35.5 Å². The normalized spacial score (nSPS) is 9.67. The van der Waals surface area contributed by atoms with Crippen molar-refractivity contribution in [2.45, 2.75) is 51.1 Å². The molecule has 0 spiro atoms. The van der Waals surface area contributed by atoms with E-state index in [2.05, 4.69) is 51.6 Å². The predicted molar refractivity (Wildman–Crippen MR) is 107 cm³/mol. The van der Waals surface area contributed by atoms with Crippen molar-refractivity contribution in [1.29, 1.82) is 0 Å². The minimum atomic E-state index is -1.29. The van der Waals surface area contributed by atoms with Crippen molar-refractivity contribution >= 4 is 72.8 Å². The van der Waals surface area contributed by atoms with Gasteiger partial charge in [0.1, 0.15) is 0 Å². The summed E-state index contributed by atoms with van der Waals surface area (Å²) in [6.07, 6.45) is 2.22. The monoisotopic (exact) mass is 418 g/mol. The zero-order valence-electron chi connectivity index (χ0n) is 14.0. The summed E-state index contributed by atoms with van der Waals surface area (Å²) in [6, 6.07) is 2.41. The van der Waals surface area contributed by atoms with E-state index in [9.17, 15) is 0 Å². The second-order valence-electron chi connectivity index (χ2n) is 5.50. The Bertz CT molecular complexity index is 210. The van der Waals surface area contributed by atoms with Gasteiger partial charge in [0.2, 0.25) is 0 Å². The van der Waals surface area contributed by atoms with Crippen LogP contribution in [0.25, 0.3) is 0 Å². The van der Waals surface area contributed by atoms with Crippen molar-refractivity contribution in [3.05, 3.63) is 25.4 Å². The van der Waals surface area contributed by atoms with Crippen LogP contribution in [0.4, 0.5) is 0 Å². The number of rotatable bonds is 7. The van der Waals surface area contributed by atoms with E-state index in [1.54, 1.807) is 0 Å². The molecule has 0 aromatic heterocycles. The molecule has 0 aliphatic heterocycles. The smallest absolute Gasteiger partial charge is 1.00 e. The molecule has 0 aliphatic rings. The molecular weight excluding hydrogens is 390 g/mol. The molecule has 0 bridgehead atoms. The minimum absolute atomic E-state index is 0. The predicted octanol–water partition coefficient (Wildman–Crippen LogP) is 3.34. The van der Waals surface area contributed by atoms with Crippen molar-refractivity contribution in [2.24, 2.45) is 0 Å². The fourth-order valence-electron chi connectivity index (χ4n) is 1.11. The van der Waals surface area contributed by atoms with Crippen LogP contribution < -0.4 is 12.4 Å². The van der Waals surface area contributed by atoms with Gasteiger partial charge in [-0.3, -0.25) is 6.58 Å². The van der Waals surface area contributed by atoms with E-state index in [0.717, 1.165) is 30.6 Å². The third-order valence-electron chi connectivity index (χ3n) is 2.41. The summed E-state index contributed by atoms with van der Waals surface area (Å²) >= 11 is 17.0. The Morgan fingerprint density at radius 3 is 1.48 bits per heavy atom. The Labute approximate surface area is 172 Å². The summed E-state index contributed by atoms with van der Waals surface area (Å²) in [6.45, 7) is 19.7. The maximum absolute atomic E-state index is 5.99. The maximum Gasteiger partial charge on any atom is 2.00 e. The number of halogens is 4. The minimum Gasteiger partial charge on any atom is -1.00 e. The SMILES string of the molecule is C=C[Si](C)(C)CCCCl.C[Si](C)(Cl)CCCCl.[CH-]=C.[Cl-].[Mg+2]. The molecule has 7 heteroatoms. The van der Waals surface area contributed by atoms with Crippen LogP contribution in [0, 0.1) is 6.58 Å². The first-order valence-electron chi connectivity index (χ1n) is 6.54. The summed E-state index contributed by atoms with van der Waals surface area (Å²) in [7, 11) is -2.31.